The summed E-state index contributed by atoms with van der Waals surface area (Å²) in [6.45, 7) is 0.654. The Morgan fingerprint density at radius 2 is 0.944 bits per heavy atom. The van der Waals surface area contributed by atoms with E-state index in [1.54, 1.807) is 6.92 Å². The molecule has 0 spiro atoms. The van der Waals surface area contributed by atoms with Crippen LogP contribution in [0.1, 0.15) is 19.8 Å². The van der Waals surface area contributed by atoms with E-state index in [0.717, 1.165) is 0 Å². The topological polar surface area (TPSA) is 469 Å². The molecule has 4 rings (SSSR count). The lowest BCUT2D eigenvalue weighted by molar-refractivity contribution is -0.306. The van der Waals surface area contributed by atoms with Crippen LogP contribution in [-0.2, 0) is 28.4 Å². The van der Waals surface area contributed by atoms with Gasteiger partial charge >= 0.3 is 0 Å². The Kier molecular flexibility index (Phi) is 15.3. The average Bonchev–Trinajstić information content (AvgIpc) is 3.45. The molecule has 0 aromatic rings. The zero-order chi connectivity index (χ0) is 39.5. The fourth-order valence-electron chi connectivity index (χ4n) is 6.58. The van der Waals surface area contributed by atoms with Crippen molar-refractivity contribution in [2.24, 2.45) is 30.7 Å². The molecule has 6 N–H and O–H groups in total. The molecule has 30 nitrogen and oxygen atoms in total. The maximum atomic E-state index is 11.5. The van der Waals surface area contributed by atoms with Crippen molar-refractivity contribution in [3.63, 3.8) is 0 Å². The van der Waals surface area contributed by atoms with E-state index in [4.69, 9.17) is 45.0 Å². The molecular formula is C24H36N18O12. The summed E-state index contributed by atoms with van der Waals surface area (Å²) in [6, 6.07) is -5.91. The minimum atomic E-state index is -1.84. The van der Waals surface area contributed by atoms with Crippen LogP contribution in [0, 0.1) is 0 Å². The van der Waals surface area contributed by atoms with Crippen molar-refractivity contribution in [3.05, 3.63) is 62.7 Å². The first-order chi connectivity index (χ1) is 26.0. The summed E-state index contributed by atoms with van der Waals surface area (Å²) in [5.74, 6) is 0. The maximum Gasteiger partial charge on any atom is 0.187 e. The highest BCUT2D eigenvalue weighted by Gasteiger charge is 2.55. The van der Waals surface area contributed by atoms with Crippen LogP contribution in [0.3, 0.4) is 0 Å². The third-order valence-corrected chi connectivity index (χ3v) is 9.24. The first-order valence-electron chi connectivity index (χ1n) is 16.2. The lowest BCUT2D eigenvalue weighted by atomic mass is 9.84. The summed E-state index contributed by atoms with van der Waals surface area (Å²) in [6.07, 6.45) is -24.4. The van der Waals surface area contributed by atoms with E-state index in [1.165, 1.54) is 0 Å². The van der Waals surface area contributed by atoms with Crippen molar-refractivity contribution in [2.45, 2.75) is 136 Å². The molecule has 0 aromatic heterocycles. The Balaban J connectivity index is 1.67. The first kappa shape index (κ1) is 42.1. The van der Waals surface area contributed by atoms with Gasteiger partial charge in [0.25, 0.3) is 0 Å². The third-order valence-electron chi connectivity index (χ3n) is 9.24. The molecule has 0 amide bonds. The Labute approximate surface area is 301 Å². The quantitative estimate of drug-likeness (QED) is 0.0759. The highest BCUT2D eigenvalue weighted by Crippen LogP contribution is 2.38. The van der Waals surface area contributed by atoms with Crippen LogP contribution < -0.4 is 0 Å². The van der Waals surface area contributed by atoms with Gasteiger partial charge in [-0.2, -0.15) is 0 Å². The molecule has 54 heavy (non-hydrogen) atoms. The maximum absolute atomic E-state index is 11.5. The number of rotatable bonds is 15. The first-order valence-corrected chi connectivity index (χ1v) is 16.2. The fraction of sp³-hybridized carbons (Fsp3) is 1.00. The predicted octanol–water partition coefficient (Wildman–Crippen LogP) is 0.632. The van der Waals surface area contributed by atoms with Gasteiger partial charge in [0.15, 0.2) is 18.9 Å². The van der Waals surface area contributed by atoms with Crippen LogP contribution >= 0.6 is 0 Å². The van der Waals surface area contributed by atoms with Gasteiger partial charge in [-0.25, -0.2) is 0 Å². The Hall–Kier alpha value is -4.62. The second kappa shape index (κ2) is 19.6. The van der Waals surface area contributed by atoms with Crippen LogP contribution in [-0.4, -0.2) is 160 Å². The molecule has 0 bridgehead atoms. The van der Waals surface area contributed by atoms with E-state index >= 15 is 0 Å². The van der Waals surface area contributed by atoms with E-state index in [1.807, 2.05) is 0 Å². The summed E-state index contributed by atoms with van der Waals surface area (Å²) >= 11 is 0. The molecule has 1 saturated carbocycles. The molecule has 4 fully saturated rings. The molecule has 7 unspecified atom stereocenters. The summed E-state index contributed by atoms with van der Waals surface area (Å²) in [5, 5.41) is 86.2. The van der Waals surface area contributed by atoms with Gasteiger partial charge in [-0.15, -0.1) is 0 Å². The smallest absolute Gasteiger partial charge is 0.187 e. The minimum Gasteiger partial charge on any atom is -0.390 e. The number of nitrogens with zero attached hydrogens (tertiary/aromatic N) is 18. The molecule has 3 saturated heterocycles. The number of aliphatic hydroxyl groups is 6. The molecule has 19 atom stereocenters. The van der Waals surface area contributed by atoms with E-state index < -0.39 is 129 Å². The van der Waals surface area contributed by atoms with Gasteiger partial charge in [-0.1, -0.05) is 37.6 Å². The molecule has 1 aliphatic carbocycles. The Morgan fingerprint density at radius 1 is 0.500 bits per heavy atom. The number of hydrogen-bond donors (Lipinski definition) is 6. The number of hydrogen-bond acceptors (Lipinski definition) is 18. The van der Waals surface area contributed by atoms with Crippen molar-refractivity contribution in [2.75, 3.05) is 13.1 Å². The van der Waals surface area contributed by atoms with E-state index in [9.17, 15) is 47.2 Å². The highest BCUT2D eigenvalue weighted by molar-refractivity contribution is 5.04. The zero-order valence-corrected chi connectivity index (χ0v) is 28.0. The average molecular weight is 769 g/mol. The summed E-state index contributed by atoms with van der Waals surface area (Å²) in [7, 11) is 0. The van der Waals surface area contributed by atoms with Crippen LogP contribution in [0.25, 0.3) is 62.7 Å². The summed E-state index contributed by atoms with van der Waals surface area (Å²) in [5.41, 5.74) is 54.4. The number of aliphatic hydroxyl groups excluding tert-OH is 6. The monoisotopic (exact) mass is 768 g/mol. The van der Waals surface area contributed by atoms with Gasteiger partial charge in [-0.05, 0) is 46.0 Å². The van der Waals surface area contributed by atoms with Crippen molar-refractivity contribution in [1.82, 2.24) is 0 Å². The van der Waals surface area contributed by atoms with Crippen molar-refractivity contribution in [3.8, 4) is 0 Å². The van der Waals surface area contributed by atoms with E-state index in [2.05, 4.69) is 60.2 Å². The van der Waals surface area contributed by atoms with Crippen LogP contribution in [0.15, 0.2) is 30.7 Å². The SMILES string of the molecule is CC[C@H]1O[C@@H](O[C@@H]2C(O)[C@H](N=[N+]=[N-])CC(N=[N+]=[N-])[C@H]2O[C@H]2OC(CN=[N+]=[N-])[C@@H](O)[C@H](O)C2N=[N+]=[N-])C(O)[C@H]1O[C@H]1O[C@@H](CN=[N+]=[N-])[C@@H](O)C(O)C1N=[N+]=[N-]. The molecule has 0 radical (unpaired) electrons. The normalized spacial score (nSPS) is 43.1. The van der Waals surface area contributed by atoms with Crippen LogP contribution in [0.5, 0.6) is 0 Å². The summed E-state index contributed by atoms with van der Waals surface area (Å²) < 4.78 is 35.4. The van der Waals surface area contributed by atoms with Crippen LogP contribution in [0.2, 0.25) is 0 Å². The lowest BCUT2D eigenvalue weighted by Crippen LogP contribution is -2.63. The minimum absolute atomic E-state index is 0.125. The third kappa shape index (κ3) is 9.18. The van der Waals surface area contributed by atoms with Gasteiger partial charge in [0.05, 0.1) is 67.9 Å². The predicted molar refractivity (Wildman–Crippen MR) is 171 cm³/mol. The molecular weight excluding hydrogens is 732 g/mol. The van der Waals surface area contributed by atoms with Gasteiger partial charge < -0.3 is 59.1 Å². The highest BCUT2D eigenvalue weighted by atomic mass is 16.8. The van der Waals surface area contributed by atoms with Crippen LogP contribution in [0.4, 0.5) is 0 Å². The fourth-order valence-corrected chi connectivity index (χ4v) is 6.58. The molecule has 30 heteroatoms. The number of azide groups is 6. The largest absolute Gasteiger partial charge is 0.390 e. The molecule has 3 heterocycles. The zero-order valence-electron chi connectivity index (χ0n) is 28.0. The van der Waals surface area contributed by atoms with Crippen molar-refractivity contribution < 1.29 is 59.1 Å². The molecule has 0 aromatic carbocycles. The van der Waals surface area contributed by atoms with E-state index in [0.29, 0.717) is 0 Å². The van der Waals surface area contributed by atoms with Crippen molar-refractivity contribution >= 4 is 0 Å². The van der Waals surface area contributed by atoms with Gasteiger partial charge in [0.1, 0.15) is 42.6 Å². The van der Waals surface area contributed by atoms with Gasteiger partial charge in [0, 0.05) is 29.5 Å². The van der Waals surface area contributed by atoms with Gasteiger partial charge in [0.2, 0.25) is 0 Å². The van der Waals surface area contributed by atoms with Crippen molar-refractivity contribution in [1.29, 1.82) is 0 Å². The second-order valence-corrected chi connectivity index (χ2v) is 12.3. The van der Waals surface area contributed by atoms with Gasteiger partial charge in [-0.3, -0.25) is 0 Å². The summed E-state index contributed by atoms with van der Waals surface area (Å²) in [4.78, 5) is 16.0. The number of ether oxygens (including phenoxy) is 6. The Morgan fingerprint density at radius 3 is 1.41 bits per heavy atom. The van der Waals surface area contributed by atoms with E-state index in [-0.39, 0.29) is 12.8 Å². The molecule has 3 aliphatic heterocycles. The lowest BCUT2D eigenvalue weighted by Gasteiger charge is -2.47. The Bertz CT molecular complexity index is 1590. The second-order valence-electron chi connectivity index (χ2n) is 12.3. The standard InChI is InChI=1S/C24H36N18O12/c1-2-8-20(53-23-12(36-42-30)17(47)15(45)10(51-23)5-32-38-26)18(48)24(49-8)54-21-13(43)6(33-39-27)3-7(34-40-28)19(21)52-22-11(35-41-29)16(46)14(44)9(50-22)4-31-37-25/h6-24,43-48H,2-5H2,1H3/t6-,7?,8-,9?,10+,11?,12?,13?,14-,15-,16-,17?,18?,19-,20+,21-,22-,23-,24+/m1/s1. The molecule has 4 aliphatic rings. The molecule has 294 valence electrons.